The van der Waals surface area contributed by atoms with Gasteiger partial charge in [0.05, 0.1) is 11.4 Å². The van der Waals surface area contributed by atoms with Gasteiger partial charge < -0.3 is 10.8 Å². The standard InChI is InChI=1S/C12H21NOS2/c1-7-5-6-15-11(7)12(8(2)13)16-10(4)9(3)14/h5-6,8-10,12,14H,13H2,1-4H3. The van der Waals surface area contributed by atoms with Gasteiger partial charge in [0.25, 0.3) is 0 Å². The normalized spacial score (nSPS) is 19.1. The molecular formula is C12H21NOS2. The first-order valence-electron chi connectivity index (χ1n) is 5.56. The van der Waals surface area contributed by atoms with Crippen LogP contribution in [-0.2, 0) is 0 Å². The van der Waals surface area contributed by atoms with Gasteiger partial charge in [-0.3, -0.25) is 0 Å². The summed E-state index contributed by atoms with van der Waals surface area (Å²) in [5.41, 5.74) is 7.35. The van der Waals surface area contributed by atoms with E-state index in [1.165, 1.54) is 10.4 Å². The van der Waals surface area contributed by atoms with E-state index in [-0.39, 0.29) is 22.6 Å². The van der Waals surface area contributed by atoms with Crippen molar-refractivity contribution in [3.63, 3.8) is 0 Å². The van der Waals surface area contributed by atoms with Crippen LogP contribution in [0.1, 0.15) is 36.5 Å². The molecule has 1 aromatic rings. The predicted octanol–water partition coefficient (Wildman–Crippen LogP) is 2.95. The maximum absolute atomic E-state index is 9.56. The van der Waals surface area contributed by atoms with Crippen LogP contribution < -0.4 is 5.73 Å². The molecule has 4 unspecified atom stereocenters. The topological polar surface area (TPSA) is 46.2 Å². The molecule has 0 aliphatic carbocycles. The van der Waals surface area contributed by atoms with Crippen molar-refractivity contribution < 1.29 is 5.11 Å². The van der Waals surface area contributed by atoms with Crippen molar-refractivity contribution in [3.8, 4) is 0 Å². The molecule has 0 saturated heterocycles. The van der Waals surface area contributed by atoms with Crippen LogP contribution in [0.2, 0.25) is 0 Å². The average molecular weight is 259 g/mol. The average Bonchev–Trinajstić information content (AvgIpc) is 2.59. The van der Waals surface area contributed by atoms with Crippen molar-refractivity contribution in [3.05, 3.63) is 21.9 Å². The molecule has 0 aliphatic heterocycles. The Balaban J connectivity index is 2.81. The van der Waals surface area contributed by atoms with Gasteiger partial charge >= 0.3 is 0 Å². The Morgan fingerprint density at radius 1 is 1.38 bits per heavy atom. The summed E-state index contributed by atoms with van der Waals surface area (Å²) in [5, 5.41) is 12.2. The highest BCUT2D eigenvalue weighted by molar-refractivity contribution is 8.00. The molecule has 2 nitrogen and oxygen atoms in total. The Morgan fingerprint density at radius 2 is 2.00 bits per heavy atom. The third kappa shape index (κ3) is 3.48. The highest BCUT2D eigenvalue weighted by atomic mass is 32.2. The van der Waals surface area contributed by atoms with E-state index in [1.54, 1.807) is 23.1 Å². The molecule has 3 N–H and O–H groups in total. The maximum atomic E-state index is 9.56. The second-order valence-electron chi connectivity index (χ2n) is 4.33. The monoisotopic (exact) mass is 259 g/mol. The molecule has 4 heteroatoms. The number of thioether (sulfide) groups is 1. The highest BCUT2D eigenvalue weighted by Crippen LogP contribution is 2.39. The van der Waals surface area contributed by atoms with Crippen molar-refractivity contribution >= 4 is 23.1 Å². The van der Waals surface area contributed by atoms with E-state index < -0.39 is 0 Å². The van der Waals surface area contributed by atoms with Crippen LogP contribution in [0.25, 0.3) is 0 Å². The van der Waals surface area contributed by atoms with Crippen molar-refractivity contribution in [2.75, 3.05) is 0 Å². The van der Waals surface area contributed by atoms with E-state index in [0.717, 1.165) is 0 Å². The number of hydrogen-bond acceptors (Lipinski definition) is 4. The summed E-state index contributed by atoms with van der Waals surface area (Å²) in [5.74, 6) is 0. The molecule has 0 aromatic carbocycles. The van der Waals surface area contributed by atoms with Crippen LogP contribution in [0.3, 0.4) is 0 Å². The molecule has 16 heavy (non-hydrogen) atoms. The van der Waals surface area contributed by atoms with Gasteiger partial charge in [0.15, 0.2) is 0 Å². The van der Waals surface area contributed by atoms with Crippen LogP contribution >= 0.6 is 23.1 Å². The summed E-state index contributed by atoms with van der Waals surface area (Å²) in [6.45, 7) is 8.03. The SMILES string of the molecule is Cc1ccsc1C(SC(C)C(C)O)C(C)N. The van der Waals surface area contributed by atoms with Gasteiger partial charge in [-0.1, -0.05) is 6.92 Å². The second kappa shape index (κ2) is 6.05. The van der Waals surface area contributed by atoms with E-state index in [1.807, 2.05) is 20.8 Å². The zero-order valence-corrected chi connectivity index (χ0v) is 11.9. The van der Waals surface area contributed by atoms with Crippen LogP contribution in [0.15, 0.2) is 11.4 Å². The molecule has 0 fully saturated rings. The van der Waals surface area contributed by atoms with Gasteiger partial charge in [-0.25, -0.2) is 0 Å². The third-order valence-electron chi connectivity index (χ3n) is 2.68. The Morgan fingerprint density at radius 3 is 2.38 bits per heavy atom. The summed E-state index contributed by atoms with van der Waals surface area (Å²) in [6, 6.07) is 2.23. The molecule has 0 amide bonds. The number of nitrogens with two attached hydrogens (primary N) is 1. The number of hydrogen-bond donors (Lipinski definition) is 2. The largest absolute Gasteiger partial charge is 0.392 e. The number of rotatable bonds is 5. The molecule has 0 aliphatic rings. The zero-order chi connectivity index (χ0) is 12.3. The van der Waals surface area contributed by atoms with Gasteiger partial charge in [0.2, 0.25) is 0 Å². The number of thiophene rings is 1. The number of aliphatic hydroxyl groups excluding tert-OH is 1. The van der Waals surface area contributed by atoms with E-state index in [2.05, 4.69) is 18.4 Å². The van der Waals surface area contributed by atoms with Crippen LogP contribution in [-0.4, -0.2) is 22.5 Å². The zero-order valence-electron chi connectivity index (χ0n) is 10.3. The Bertz CT molecular complexity index is 323. The molecule has 0 radical (unpaired) electrons. The predicted molar refractivity (Wildman–Crippen MR) is 74.2 cm³/mol. The molecule has 0 bridgehead atoms. The Kier molecular flexibility index (Phi) is 5.31. The van der Waals surface area contributed by atoms with Crippen LogP contribution in [0.5, 0.6) is 0 Å². The molecule has 1 heterocycles. The van der Waals surface area contributed by atoms with Gasteiger partial charge in [0, 0.05) is 16.2 Å². The fourth-order valence-corrected chi connectivity index (χ4v) is 4.05. The minimum atomic E-state index is -0.300. The fraction of sp³-hybridized carbons (Fsp3) is 0.667. The van der Waals surface area contributed by atoms with Crippen LogP contribution in [0.4, 0.5) is 0 Å². The first-order chi connectivity index (χ1) is 7.43. The Hall–Kier alpha value is -0.0300. The molecule has 4 atom stereocenters. The summed E-state index contributed by atoms with van der Waals surface area (Å²) >= 11 is 3.53. The highest BCUT2D eigenvalue weighted by Gasteiger charge is 2.24. The molecule has 0 saturated carbocycles. The van der Waals surface area contributed by atoms with E-state index in [9.17, 15) is 5.11 Å². The molecule has 92 valence electrons. The van der Waals surface area contributed by atoms with Crippen molar-refractivity contribution in [1.29, 1.82) is 0 Å². The maximum Gasteiger partial charge on any atom is 0.0628 e. The van der Waals surface area contributed by atoms with Gasteiger partial charge in [-0.2, -0.15) is 0 Å². The first kappa shape index (κ1) is 14.0. The van der Waals surface area contributed by atoms with Crippen LogP contribution in [0, 0.1) is 6.92 Å². The minimum absolute atomic E-state index is 0.101. The number of aryl methyl sites for hydroxylation is 1. The smallest absolute Gasteiger partial charge is 0.0628 e. The van der Waals surface area contributed by atoms with Gasteiger partial charge in [-0.15, -0.1) is 23.1 Å². The van der Waals surface area contributed by atoms with Crippen molar-refractivity contribution in [1.82, 2.24) is 0 Å². The van der Waals surface area contributed by atoms with E-state index >= 15 is 0 Å². The summed E-state index contributed by atoms with van der Waals surface area (Å²) < 4.78 is 0. The lowest BCUT2D eigenvalue weighted by molar-refractivity contribution is 0.196. The lowest BCUT2D eigenvalue weighted by Gasteiger charge is -2.25. The fourth-order valence-electron chi connectivity index (χ4n) is 1.45. The molecular weight excluding hydrogens is 238 g/mol. The van der Waals surface area contributed by atoms with Crippen molar-refractivity contribution in [2.45, 2.75) is 50.3 Å². The summed E-state index contributed by atoms with van der Waals surface area (Å²) in [6.07, 6.45) is -0.300. The van der Waals surface area contributed by atoms with E-state index in [4.69, 9.17) is 5.73 Å². The summed E-state index contributed by atoms with van der Waals surface area (Å²) in [4.78, 5) is 1.34. The molecule has 1 rings (SSSR count). The molecule has 0 spiro atoms. The second-order valence-corrected chi connectivity index (χ2v) is 6.80. The minimum Gasteiger partial charge on any atom is -0.392 e. The van der Waals surface area contributed by atoms with E-state index in [0.29, 0.717) is 0 Å². The number of aliphatic hydroxyl groups is 1. The third-order valence-corrected chi connectivity index (χ3v) is 5.71. The van der Waals surface area contributed by atoms with Gasteiger partial charge in [0.1, 0.15) is 0 Å². The lowest BCUT2D eigenvalue weighted by atomic mass is 10.1. The van der Waals surface area contributed by atoms with Gasteiger partial charge in [-0.05, 0) is 37.8 Å². The quantitative estimate of drug-likeness (QED) is 0.854. The first-order valence-corrected chi connectivity index (χ1v) is 7.38. The lowest BCUT2D eigenvalue weighted by Crippen LogP contribution is -2.26. The van der Waals surface area contributed by atoms with Crippen molar-refractivity contribution in [2.24, 2.45) is 5.73 Å². The summed E-state index contributed by atoms with van der Waals surface area (Å²) in [7, 11) is 0. The molecule has 1 aromatic heterocycles. The Labute approximate surface area is 106 Å².